The lowest BCUT2D eigenvalue weighted by atomic mass is 9.98. The number of nitrogens with two attached hydrogens (primary N) is 1. The lowest BCUT2D eigenvalue weighted by Gasteiger charge is -2.22. The van der Waals surface area contributed by atoms with Crippen molar-refractivity contribution in [2.45, 2.75) is 65.8 Å². The van der Waals surface area contributed by atoms with Crippen LogP contribution in [0.2, 0.25) is 0 Å². The first-order valence-corrected chi connectivity index (χ1v) is 17.0. The Balaban J connectivity index is 0.000000970. The first kappa shape index (κ1) is 37.7. The maximum absolute atomic E-state index is 13.3. The third-order valence-electron chi connectivity index (χ3n) is 8.04. The van der Waals surface area contributed by atoms with Gasteiger partial charge in [-0.1, -0.05) is 76.2 Å². The van der Waals surface area contributed by atoms with Gasteiger partial charge in [0.05, 0.1) is 12.8 Å². The molecule has 3 aromatic carbocycles. The number of rotatable bonds is 11. The van der Waals surface area contributed by atoms with Gasteiger partial charge in [0.15, 0.2) is 0 Å². The van der Waals surface area contributed by atoms with Crippen molar-refractivity contribution in [1.82, 2.24) is 9.80 Å². The second-order valence-electron chi connectivity index (χ2n) is 11.6. The number of carbonyl (C=O) groups excluding carboxylic acids is 3. The molecule has 3 N–H and O–H groups in total. The highest BCUT2D eigenvalue weighted by Gasteiger charge is 2.25. The Hall–Kier alpha value is -4.76. The number of fused-ring (bicyclic) bond motifs is 1. The average Bonchev–Trinajstić information content (AvgIpc) is 3.50. The van der Waals surface area contributed by atoms with E-state index in [1.54, 1.807) is 12.1 Å². The summed E-state index contributed by atoms with van der Waals surface area (Å²) in [6.45, 7) is 13.0. The van der Waals surface area contributed by atoms with Gasteiger partial charge in [-0.2, -0.15) is 0 Å². The van der Waals surface area contributed by atoms with Crippen LogP contribution in [-0.2, 0) is 20.9 Å². The normalized spacial score (nSPS) is 15.1. The van der Waals surface area contributed by atoms with E-state index in [2.05, 4.69) is 76.3 Å². The predicted molar refractivity (Wildman–Crippen MR) is 195 cm³/mol. The molecule has 256 valence electrons. The predicted octanol–water partition coefficient (Wildman–Crippen LogP) is 7.17. The summed E-state index contributed by atoms with van der Waals surface area (Å²) in [4.78, 5) is 44.4. The molecule has 2 heterocycles. The summed E-state index contributed by atoms with van der Waals surface area (Å²) in [7, 11) is 1.31. The van der Waals surface area contributed by atoms with Crippen molar-refractivity contribution in [3.63, 3.8) is 0 Å². The van der Waals surface area contributed by atoms with Gasteiger partial charge in [0.25, 0.3) is 12.4 Å². The van der Waals surface area contributed by atoms with Crippen LogP contribution in [0.1, 0.15) is 86.3 Å². The highest BCUT2D eigenvalue weighted by atomic mass is 16.5. The second kappa shape index (κ2) is 19.8. The van der Waals surface area contributed by atoms with Crippen LogP contribution in [0, 0.1) is 0 Å². The number of likely N-dealkylation sites (tertiary alicyclic amines) is 1. The van der Waals surface area contributed by atoms with Crippen LogP contribution in [0.15, 0.2) is 83.4 Å². The summed E-state index contributed by atoms with van der Waals surface area (Å²) in [6, 6.07) is 24.1. The number of nitrogens with zero attached hydrogens (tertiary/aromatic N) is 3. The smallest absolute Gasteiger partial charge is 0.292 e. The number of aliphatic imine (C=N–C) groups is 1. The minimum atomic E-state index is -0.206. The highest BCUT2D eigenvalue weighted by molar-refractivity contribution is 6.08. The number of ether oxygens (including phenoxy) is 1. The maximum Gasteiger partial charge on any atom is 0.292 e. The molecule has 0 saturated carbocycles. The Morgan fingerprint density at radius 1 is 1.02 bits per heavy atom. The van der Waals surface area contributed by atoms with Crippen molar-refractivity contribution in [1.29, 1.82) is 0 Å². The molecule has 0 aromatic heterocycles. The largest absolute Gasteiger partial charge is 0.471 e. The first-order chi connectivity index (χ1) is 23.3. The molecule has 2 amide bonds. The van der Waals surface area contributed by atoms with E-state index in [0.717, 1.165) is 50.1 Å². The summed E-state index contributed by atoms with van der Waals surface area (Å²) in [5.41, 5.74) is 12.1. The molecule has 1 fully saturated rings. The number of amides is 2. The molecule has 0 radical (unpaired) electrons. The van der Waals surface area contributed by atoms with Gasteiger partial charge in [0.2, 0.25) is 5.91 Å². The number of anilines is 1. The van der Waals surface area contributed by atoms with Crippen LogP contribution in [0.3, 0.4) is 0 Å². The van der Waals surface area contributed by atoms with Crippen molar-refractivity contribution < 1.29 is 19.1 Å². The van der Waals surface area contributed by atoms with Crippen LogP contribution in [0.5, 0.6) is 0 Å². The number of benzene rings is 3. The zero-order valence-electron chi connectivity index (χ0n) is 29.1. The Morgan fingerprint density at radius 2 is 1.73 bits per heavy atom. The van der Waals surface area contributed by atoms with Gasteiger partial charge >= 0.3 is 0 Å². The lowest BCUT2D eigenvalue weighted by Crippen LogP contribution is -2.34. The van der Waals surface area contributed by atoms with Gasteiger partial charge in [0.1, 0.15) is 5.84 Å². The van der Waals surface area contributed by atoms with Crippen molar-refractivity contribution >= 4 is 41.6 Å². The minimum Gasteiger partial charge on any atom is -0.471 e. The fourth-order valence-corrected chi connectivity index (χ4v) is 5.89. The van der Waals surface area contributed by atoms with Crippen LogP contribution in [0.25, 0.3) is 6.08 Å². The number of hydrogen-bond acceptors (Lipinski definition) is 7. The van der Waals surface area contributed by atoms with Crippen molar-refractivity contribution in [3.05, 3.63) is 101 Å². The summed E-state index contributed by atoms with van der Waals surface area (Å²) in [6.07, 6.45) is 5.05. The van der Waals surface area contributed by atoms with E-state index in [4.69, 9.17) is 10.5 Å². The van der Waals surface area contributed by atoms with Crippen LogP contribution >= 0.6 is 0 Å². The van der Waals surface area contributed by atoms with E-state index in [0.29, 0.717) is 48.1 Å². The molecule has 0 aliphatic carbocycles. The topological polar surface area (TPSA) is 117 Å². The van der Waals surface area contributed by atoms with E-state index >= 15 is 0 Å². The fraction of sp³-hybridized carbons (Fsp3) is 0.385. The molecule has 2 aliphatic rings. The van der Waals surface area contributed by atoms with E-state index in [1.165, 1.54) is 18.2 Å². The maximum atomic E-state index is 13.3. The van der Waals surface area contributed by atoms with E-state index in [-0.39, 0.29) is 18.2 Å². The monoisotopic (exact) mass is 653 g/mol. The van der Waals surface area contributed by atoms with Crippen molar-refractivity contribution in [2.75, 3.05) is 38.6 Å². The Labute approximate surface area is 285 Å². The molecule has 5 rings (SSSR count). The molecular weight excluding hydrogens is 602 g/mol. The summed E-state index contributed by atoms with van der Waals surface area (Å²) in [5, 5.41) is 3.07. The molecule has 0 spiro atoms. The number of carbonyl (C=O) groups is 3. The molecule has 9 nitrogen and oxygen atoms in total. The van der Waals surface area contributed by atoms with E-state index in [9.17, 15) is 9.59 Å². The quantitative estimate of drug-likeness (QED) is 0.212. The number of methoxy groups -OCH3 is 1. The van der Waals surface area contributed by atoms with Crippen LogP contribution < -0.4 is 11.1 Å². The molecule has 2 aliphatic heterocycles. The summed E-state index contributed by atoms with van der Waals surface area (Å²) in [5.74, 6) is 0.591. The van der Waals surface area contributed by atoms with Gasteiger partial charge in [-0.3, -0.25) is 19.3 Å². The third-order valence-corrected chi connectivity index (χ3v) is 8.04. The summed E-state index contributed by atoms with van der Waals surface area (Å²) < 4.78 is 3.86. The number of amidine groups is 1. The third kappa shape index (κ3) is 10.9. The molecular formula is C39H51N5O4. The Kier molecular flexibility index (Phi) is 15.5. The SMILES string of the molecule is CC.CCCN(CCC)C(=O)C1=Cc2ccc(C(=O)Nc3cccc([C@@H]4CCN(Cc5ccccc5)C4)c3)cc2N=C(N)C1.COC=O. The van der Waals surface area contributed by atoms with Gasteiger partial charge in [-0.05, 0) is 73.2 Å². The second-order valence-corrected chi connectivity index (χ2v) is 11.6. The number of hydrogen-bond donors (Lipinski definition) is 2. The first-order valence-electron chi connectivity index (χ1n) is 17.0. The summed E-state index contributed by atoms with van der Waals surface area (Å²) >= 11 is 0. The molecule has 0 unspecified atom stereocenters. The van der Waals surface area contributed by atoms with E-state index in [1.807, 2.05) is 43.0 Å². The van der Waals surface area contributed by atoms with Crippen LogP contribution in [0.4, 0.5) is 11.4 Å². The zero-order valence-corrected chi connectivity index (χ0v) is 29.1. The van der Waals surface area contributed by atoms with Crippen molar-refractivity contribution in [2.24, 2.45) is 10.7 Å². The fourth-order valence-electron chi connectivity index (χ4n) is 5.89. The van der Waals surface area contributed by atoms with Gasteiger partial charge in [-0.15, -0.1) is 0 Å². The highest BCUT2D eigenvalue weighted by Crippen LogP contribution is 2.31. The molecule has 48 heavy (non-hydrogen) atoms. The molecule has 1 saturated heterocycles. The van der Waals surface area contributed by atoms with E-state index < -0.39 is 0 Å². The molecule has 0 bridgehead atoms. The molecule has 1 atom stereocenters. The molecule has 3 aromatic rings. The number of nitrogens with one attached hydrogen (secondary N) is 1. The average molecular weight is 654 g/mol. The van der Waals surface area contributed by atoms with Crippen molar-refractivity contribution in [3.8, 4) is 0 Å². The lowest BCUT2D eigenvalue weighted by molar-refractivity contribution is -0.127. The zero-order chi connectivity index (χ0) is 34.9. The standard InChI is InChI=1S/C35H41N5O2.C2H4O2.C2H6/c1-3-16-40(17-4-2)35(42)30-19-27-13-14-28(21-32(27)38-33(36)22-30)34(41)37-31-12-8-11-26(20-31)29-15-18-39(24-29)23-25-9-6-5-7-10-25;1-4-2-3;1-2/h5-14,19-21,29H,3-4,15-18,22-24H2,1-2H3,(H2,36,38)(H,37,41);2H,1H3;1-2H3/t29-;;/m1../s1. The van der Waals surface area contributed by atoms with Gasteiger partial charge in [0, 0.05) is 55.0 Å². The Morgan fingerprint density at radius 3 is 2.40 bits per heavy atom. The minimum absolute atomic E-state index is 0.00292. The molecule has 9 heteroatoms. The van der Waals surface area contributed by atoms with Gasteiger partial charge < -0.3 is 20.7 Å². The Bertz CT molecular complexity index is 1550. The van der Waals surface area contributed by atoms with Gasteiger partial charge in [-0.25, -0.2) is 4.99 Å². The van der Waals surface area contributed by atoms with Crippen LogP contribution in [-0.4, -0.2) is 67.2 Å².